The molecule has 0 spiro atoms. The number of H-pyrrole nitrogens is 1. The third kappa shape index (κ3) is 4.52. The molecular formula is C24H31N3O4. The van der Waals surface area contributed by atoms with E-state index in [4.69, 9.17) is 9.47 Å². The number of hydrogen-bond donors (Lipinski definition) is 1. The molecule has 1 aromatic heterocycles. The van der Waals surface area contributed by atoms with Crippen LogP contribution in [0.15, 0.2) is 30.5 Å². The van der Waals surface area contributed by atoms with E-state index >= 15 is 0 Å². The van der Waals surface area contributed by atoms with Crippen molar-refractivity contribution < 1.29 is 19.1 Å². The molecule has 0 unspecified atom stereocenters. The molecule has 0 fully saturated rings. The molecule has 7 nitrogen and oxygen atoms in total. The van der Waals surface area contributed by atoms with Crippen molar-refractivity contribution in [3.63, 3.8) is 0 Å². The Labute approximate surface area is 183 Å². The number of rotatable bonds is 8. The van der Waals surface area contributed by atoms with Crippen LogP contribution in [0, 0.1) is 5.92 Å². The van der Waals surface area contributed by atoms with Gasteiger partial charge in [-0.15, -0.1) is 0 Å². The monoisotopic (exact) mass is 425 g/mol. The van der Waals surface area contributed by atoms with E-state index < -0.39 is 0 Å². The minimum absolute atomic E-state index is 0.0804. The number of carbonyl (C=O) groups is 2. The molecule has 1 aliphatic heterocycles. The fraction of sp³-hybridized carbons (Fsp3) is 0.500. The highest BCUT2D eigenvalue weighted by molar-refractivity contribution is 5.98. The number of likely N-dealkylation sites (N-methyl/N-ethyl adjacent to an activating group) is 1. The lowest BCUT2D eigenvalue weighted by molar-refractivity contribution is -0.148. The summed E-state index contributed by atoms with van der Waals surface area (Å²) in [5, 5.41) is 1.31. The Bertz CT molecular complexity index is 976. The van der Waals surface area contributed by atoms with Gasteiger partial charge in [-0.25, -0.2) is 0 Å². The van der Waals surface area contributed by atoms with E-state index in [-0.39, 0.29) is 30.9 Å². The third-order valence-corrected chi connectivity index (χ3v) is 6.15. The van der Waals surface area contributed by atoms with E-state index in [9.17, 15) is 9.59 Å². The molecule has 1 aliphatic carbocycles. The Morgan fingerprint density at radius 3 is 2.55 bits per heavy atom. The molecule has 2 aromatic rings. The van der Waals surface area contributed by atoms with Crippen LogP contribution in [0.1, 0.15) is 25.0 Å². The van der Waals surface area contributed by atoms with Gasteiger partial charge in [-0.3, -0.25) is 19.4 Å². The van der Waals surface area contributed by atoms with Crippen molar-refractivity contribution in [3.8, 4) is 0 Å². The molecule has 7 heteroatoms. The topological polar surface area (TPSA) is 74.9 Å². The smallest absolute Gasteiger partial charge is 0.320 e. The Hall–Kier alpha value is -2.64. The molecule has 2 aliphatic rings. The standard InChI is InChI=1S/C24H31N3O4/c1-4-30-22(28)14-27(15-23(29)31-5-2)13-16-9-19-18-7-6-8-20-24(18)17(11-25-20)10-21(19)26(3)12-16/h6-9,11,16,21,25H,4-5,10,12-15H2,1-3H3/t16-,21+/m0/s1. The third-order valence-electron chi connectivity index (χ3n) is 6.15. The molecular weight excluding hydrogens is 394 g/mol. The molecule has 0 amide bonds. The molecule has 4 rings (SSSR count). The minimum Gasteiger partial charge on any atom is -0.465 e. The molecule has 2 atom stereocenters. The van der Waals surface area contributed by atoms with Crippen molar-refractivity contribution in [1.29, 1.82) is 0 Å². The molecule has 2 heterocycles. The first kappa shape index (κ1) is 21.6. The Balaban J connectivity index is 1.58. The number of aromatic amines is 1. The average Bonchev–Trinajstić information content (AvgIpc) is 3.13. The van der Waals surface area contributed by atoms with E-state index in [1.165, 1.54) is 27.6 Å². The number of esters is 2. The average molecular weight is 426 g/mol. The van der Waals surface area contributed by atoms with Crippen LogP contribution in [-0.2, 0) is 25.5 Å². The van der Waals surface area contributed by atoms with Crippen LogP contribution in [0.2, 0.25) is 0 Å². The van der Waals surface area contributed by atoms with Crippen LogP contribution in [0.25, 0.3) is 16.5 Å². The quantitative estimate of drug-likeness (QED) is 0.655. The molecule has 166 valence electrons. The predicted molar refractivity (Wildman–Crippen MR) is 120 cm³/mol. The summed E-state index contributed by atoms with van der Waals surface area (Å²) < 4.78 is 10.2. The van der Waals surface area contributed by atoms with Gasteiger partial charge in [0, 0.05) is 42.1 Å². The van der Waals surface area contributed by atoms with E-state index in [2.05, 4.69) is 47.4 Å². The Morgan fingerprint density at radius 1 is 1.16 bits per heavy atom. The lowest BCUT2D eigenvalue weighted by atomic mass is 9.80. The van der Waals surface area contributed by atoms with Gasteiger partial charge in [-0.1, -0.05) is 18.2 Å². The summed E-state index contributed by atoms with van der Waals surface area (Å²) in [6.45, 7) is 5.84. The van der Waals surface area contributed by atoms with E-state index in [1.807, 2.05) is 4.90 Å². The molecule has 0 radical (unpaired) electrons. The fourth-order valence-corrected chi connectivity index (χ4v) is 4.96. The van der Waals surface area contributed by atoms with Crippen molar-refractivity contribution in [1.82, 2.24) is 14.8 Å². The number of carbonyl (C=O) groups excluding carboxylic acids is 2. The number of aromatic nitrogens is 1. The van der Waals surface area contributed by atoms with Gasteiger partial charge < -0.3 is 14.5 Å². The maximum absolute atomic E-state index is 12.1. The summed E-state index contributed by atoms with van der Waals surface area (Å²) in [5.41, 5.74) is 5.15. The van der Waals surface area contributed by atoms with Crippen LogP contribution < -0.4 is 0 Å². The first-order valence-corrected chi connectivity index (χ1v) is 11.0. The van der Waals surface area contributed by atoms with Crippen molar-refractivity contribution in [2.75, 3.05) is 46.4 Å². The summed E-state index contributed by atoms with van der Waals surface area (Å²) in [6, 6.07) is 6.75. The van der Waals surface area contributed by atoms with Gasteiger partial charge in [-0.2, -0.15) is 0 Å². The normalized spacial score (nSPS) is 20.5. The van der Waals surface area contributed by atoms with Gasteiger partial charge in [0.1, 0.15) is 0 Å². The van der Waals surface area contributed by atoms with Gasteiger partial charge in [0.15, 0.2) is 0 Å². The molecule has 0 bridgehead atoms. The highest BCUT2D eigenvalue weighted by atomic mass is 16.5. The highest BCUT2D eigenvalue weighted by Crippen LogP contribution is 2.40. The van der Waals surface area contributed by atoms with Gasteiger partial charge in [0.2, 0.25) is 0 Å². The van der Waals surface area contributed by atoms with Crippen LogP contribution in [0.4, 0.5) is 0 Å². The zero-order valence-corrected chi connectivity index (χ0v) is 18.5. The summed E-state index contributed by atoms with van der Waals surface area (Å²) in [5.74, 6) is -0.447. The van der Waals surface area contributed by atoms with E-state index in [0.29, 0.717) is 25.8 Å². The molecule has 0 saturated heterocycles. The van der Waals surface area contributed by atoms with Crippen molar-refractivity contribution >= 4 is 28.4 Å². The molecule has 31 heavy (non-hydrogen) atoms. The zero-order chi connectivity index (χ0) is 22.0. The zero-order valence-electron chi connectivity index (χ0n) is 18.5. The molecule has 1 aromatic carbocycles. The number of nitrogens with zero attached hydrogens (tertiary/aromatic N) is 2. The summed E-state index contributed by atoms with van der Waals surface area (Å²) in [6.07, 6.45) is 5.46. The second kappa shape index (κ2) is 9.24. The lowest BCUT2D eigenvalue weighted by Gasteiger charge is -2.41. The Kier molecular flexibility index (Phi) is 6.43. The van der Waals surface area contributed by atoms with Gasteiger partial charge >= 0.3 is 11.9 Å². The van der Waals surface area contributed by atoms with Crippen molar-refractivity contribution in [2.24, 2.45) is 5.92 Å². The number of hydrogen-bond acceptors (Lipinski definition) is 6. The Morgan fingerprint density at radius 2 is 1.87 bits per heavy atom. The molecule has 0 saturated carbocycles. The van der Waals surface area contributed by atoms with Crippen LogP contribution in [0.5, 0.6) is 0 Å². The lowest BCUT2D eigenvalue weighted by Crippen LogP contribution is -2.46. The SMILES string of the molecule is CCOC(=O)CN(CC(=O)OCC)C[C@H]1C=C2c3cccc4[nH]cc(c34)C[C@H]2N(C)C1. The summed E-state index contributed by atoms with van der Waals surface area (Å²) in [4.78, 5) is 31.9. The summed E-state index contributed by atoms with van der Waals surface area (Å²) in [7, 11) is 2.16. The maximum Gasteiger partial charge on any atom is 0.320 e. The predicted octanol–water partition coefficient (Wildman–Crippen LogP) is 2.47. The fourth-order valence-electron chi connectivity index (χ4n) is 4.96. The largest absolute Gasteiger partial charge is 0.465 e. The first-order valence-electron chi connectivity index (χ1n) is 11.0. The van der Waals surface area contributed by atoms with Gasteiger partial charge in [-0.05, 0) is 50.1 Å². The second-order valence-electron chi connectivity index (χ2n) is 8.36. The van der Waals surface area contributed by atoms with Crippen molar-refractivity contribution in [3.05, 3.63) is 41.6 Å². The summed E-state index contributed by atoms with van der Waals surface area (Å²) >= 11 is 0. The highest BCUT2D eigenvalue weighted by Gasteiger charge is 2.34. The number of fused-ring (bicyclic) bond motifs is 2. The number of ether oxygens (including phenoxy) is 2. The van der Waals surface area contributed by atoms with Crippen molar-refractivity contribution in [2.45, 2.75) is 26.3 Å². The molecule has 1 N–H and O–H groups in total. The minimum atomic E-state index is -0.319. The van der Waals surface area contributed by atoms with E-state index in [1.54, 1.807) is 13.8 Å². The van der Waals surface area contributed by atoms with Crippen LogP contribution in [0.3, 0.4) is 0 Å². The number of nitrogens with one attached hydrogen (secondary N) is 1. The first-order chi connectivity index (χ1) is 15.0. The van der Waals surface area contributed by atoms with Gasteiger partial charge in [0.05, 0.1) is 26.3 Å². The number of benzene rings is 1. The second-order valence-corrected chi connectivity index (χ2v) is 8.36. The van der Waals surface area contributed by atoms with Crippen LogP contribution >= 0.6 is 0 Å². The van der Waals surface area contributed by atoms with Crippen LogP contribution in [-0.4, -0.2) is 79.2 Å². The van der Waals surface area contributed by atoms with E-state index in [0.717, 1.165) is 13.0 Å². The van der Waals surface area contributed by atoms with Gasteiger partial charge in [0.25, 0.3) is 0 Å². The maximum atomic E-state index is 12.1.